The van der Waals surface area contributed by atoms with Gasteiger partial charge in [-0.15, -0.1) is 0 Å². The van der Waals surface area contributed by atoms with Crippen LogP contribution >= 0.6 is 0 Å². The average molecular weight is 555 g/mol. The summed E-state index contributed by atoms with van der Waals surface area (Å²) < 4.78 is 24.7. The van der Waals surface area contributed by atoms with E-state index in [1.54, 1.807) is 0 Å². The van der Waals surface area contributed by atoms with Gasteiger partial charge in [-0.1, -0.05) is 114 Å². The normalized spacial score (nSPS) is 32.5. The van der Waals surface area contributed by atoms with Crippen LogP contribution in [0.15, 0.2) is 60.7 Å². The van der Waals surface area contributed by atoms with Gasteiger partial charge in [-0.3, -0.25) is 0 Å². The van der Waals surface area contributed by atoms with Crippen LogP contribution in [0.3, 0.4) is 0 Å². The minimum absolute atomic E-state index is 0.259. The first-order valence-electron chi connectivity index (χ1n) is 13.8. The Morgan fingerprint density at radius 2 is 0.895 bits per heavy atom. The number of carbonyl (C=O) groups is 2. The quantitative estimate of drug-likeness (QED) is 0.323. The molecule has 6 unspecified atom stereocenters. The maximum absolute atomic E-state index is 13.5. The van der Waals surface area contributed by atoms with Crippen LogP contribution in [0.1, 0.15) is 53.4 Å². The number of esters is 2. The molecule has 2 aliphatic rings. The van der Waals surface area contributed by atoms with Crippen LogP contribution in [0, 0.1) is 0 Å². The van der Waals surface area contributed by atoms with Gasteiger partial charge in [0.2, 0.25) is 16.6 Å². The molecule has 206 valence electrons. The highest BCUT2D eigenvalue weighted by molar-refractivity contribution is 6.90. The number of hydrogen-bond donors (Lipinski definition) is 0. The molecule has 0 aliphatic carbocycles. The van der Waals surface area contributed by atoms with Gasteiger partial charge in [0.15, 0.2) is 12.2 Å². The van der Waals surface area contributed by atoms with Crippen molar-refractivity contribution in [3.8, 4) is 0 Å². The van der Waals surface area contributed by atoms with Crippen molar-refractivity contribution >= 4 is 38.9 Å². The van der Waals surface area contributed by atoms with E-state index in [0.717, 1.165) is 36.1 Å². The molecule has 38 heavy (non-hydrogen) atoms. The van der Waals surface area contributed by atoms with Crippen molar-refractivity contribution < 1.29 is 27.9 Å². The first-order chi connectivity index (χ1) is 18.2. The summed E-state index contributed by atoms with van der Waals surface area (Å²) in [5.41, 5.74) is 1.04. The Morgan fingerprint density at radius 3 is 1.16 bits per heavy atom. The van der Waals surface area contributed by atoms with E-state index in [2.05, 4.69) is 52.0 Å². The van der Waals surface area contributed by atoms with Gasteiger partial charge in [-0.25, -0.2) is 9.59 Å². The summed E-state index contributed by atoms with van der Waals surface area (Å²) in [4.78, 5) is 27.1. The SMILES string of the molecule is COC(=O)C(O[Si]1(c2ccccc2)C(C)CCC1C)C(O[Si]1(c2ccccc2)C(C)CCC1C)C(=O)OC. The first-order valence-corrected chi connectivity index (χ1v) is 18.0. The lowest BCUT2D eigenvalue weighted by molar-refractivity contribution is -0.167. The maximum atomic E-state index is 13.5. The highest BCUT2D eigenvalue weighted by atomic mass is 28.4. The molecule has 2 fully saturated rings. The van der Waals surface area contributed by atoms with E-state index in [1.165, 1.54) is 14.2 Å². The zero-order chi connectivity index (χ0) is 27.5. The molecule has 4 rings (SSSR count). The molecular weight excluding hydrogens is 512 g/mol. The lowest BCUT2D eigenvalue weighted by Gasteiger charge is -2.43. The first kappa shape index (κ1) is 28.7. The molecule has 0 N–H and O–H groups in total. The Kier molecular flexibility index (Phi) is 8.97. The molecular formula is C30H42O6Si2. The monoisotopic (exact) mass is 554 g/mol. The van der Waals surface area contributed by atoms with E-state index in [-0.39, 0.29) is 22.2 Å². The Labute approximate surface area is 229 Å². The summed E-state index contributed by atoms with van der Waals surface area (Å²) in [5.74, 6) is -1.19. The van der Waals surface area contributed by atoms with Gasteiger partial charge in [-0.05, 0) is 32.5 Å². The number of ether oxygens (including phenoxy) is 2. The average Bonchev–Trinajstić information content (AvgIpc) is 3.40. The highest BCUT2D eigenvalue weighted by Gasteiger charge is 2.59. The number of benzene rings is 2. The van der Waals surface area contributed by atoms with Crippen molar-refractivity contribution in [2.45, 2.75) is 87.8 Å². The molecule has 0 saturated carbocycles. The van der Waals surface area contributed by atoms with Gasteiger partial charge in [0.1, 0.15) is 0 Å². The van der Waals surface area contributed by atoms with Crippen molar-refractivity contribution in [2.24, 2.45) is 0 Å². The van der Waals surface area contributed by atoms with E-state index in [0.29, 0.717) is 0 Å². The Balaban J connectivity index is 1.83. The van der Waals surface area contributed by atoms with Gasteiger partial charge in [0.25, 0.3) is 0 Å². The van der Waals surface area contributed by atoms with Gasteiger partial charge in [-0.2, -0.15) is 0 Å². The van der Waals surface area contributed by atoms with Crippen LogP contribution in [0.5, 0.6) is 0 Å². The van der Waals surface area contributed by atoms with Crippen LogP contribution in [0.25, 0.3) is 0 Å². The van der Waals surface area contributed by atoms with E-state index in [9.17, 15) is 9.59 Å². The number of hydrogen-bond acceptors (Lipinski definition) is 6. The fraction of sp³-hybridized carbons (Fsp3) is 0.533. The molecule has 0 radical (unpaired) electrons. The second kappa shape index (κ2) is 11.9. The predicted octanol–water partition coefficient (Wildman–Crippen LogP) is 4.96. The Morgan fingerprint density at radius 1 is 0.605 bits per heavy atom. The molecule has 2 heterocycles. The molecule has 6 atom stereocenters. The minimum Gasteiger partial charge on any atom is -0.467 e. The van der Waals surface area contributed by atoms with Crippen molar-refractivity contribution in [3.63, 3.8) is 0 Å². The van der Waals surface area contributed by atoms with Crippen molar-refractivity contribution in [2.75, 3.05) is 14.2 Å². The molecule has 8 heteroatoms. The molecule has 0 spiro atoms. The third kappa shape index (κ3) is 4.92. The fourth-order valence-corrected chi connectivity index (χ4v) is 17.6. The lowest BCUT2D eigenvalue weighted by Crippen LogP contribution is -2.64. The summed E-state index contributed by atoms with van der Waals surface area (Å²) in [5, 5.41) is 2.26. The van der Waals surface area contributed by atoms with Crippen LogP contribution < -0.4 is 10.4 Å². The van der Waals surface area contributed by atoms with Crippen molar-refractivity contribution in [1.82, 2.24) is 0 Å². The number of carbonyl (C=O) groups excluding carboxylic acids is 2. The second-order valence-corrected chi connectivity index (χ2v) is 19.9. The lowest BCUT2D eigenvalue weighted by atomic mass is 10.2. The maximum Gasteiger partial charge on any atom is 0.337 e. The summed E-state index contributed by atoms with van der Waals surface area (Å²) >= 11 is 0. The molecule has 2 aromatic carbocycles. The summed E-state index contributed by atoms with van der Waals surface area (Å²) in [7, 11) is -2.80. The smallest absolute Gasteiger partial charge is 0.337 e. The zero-order valence-corrected chi connectivity index (χ0v) is 25.5. The highest BCUT2D eigenvalue weighted by Crippen LogP contribution is 2.50. The minimum atomic E-state index is -2.75. The fourth-order valence-electron chi connectivity index (χ4n) is 7.08. The number of methoxy groups -OCH3 is 2. The molecule has 2 aromatic rings. The summed E-state index contributed by atoms with van der Waals surface area (Å²) in [6, 6.07) is 20.5. The molecule has 2 saturated heterocycles. The Bertz CT molecular complexity index is 987. The van der Waals surface area contributed by atoms with E-state index < -0.39 is 40.8 Å². The van der Waals surface area contributed by atoms with E-state index in [4.69, 9.17) is 18.3 Å². The Hall–Kier alpha value is -2.27. The standard InChI is InChI=1S/C30H42O6Si2/c1-21-17-18-22(2)37(21,25-13-9-7-10-14-25)35-27(29(31)33-5)28(30(32)34-6)36-38(23(3)19-20-24(38)4)26-15-11-8-12-16-26/h7-16,21-24,27-28H,17-20H2,1-6H3. The topological polar surface area (TPSA) is 71.1 Å². The summed E-state index contributed by atoms with van der Waals surface area (Å²) in [6.07, 6.45) is 1.62. The summed E-state index contributed by atoms with van der Waals surface area (Å²) in [6.45, 7) is 8.86. The van der Waals surface area contributed by atoms with Gasteiger partial charge < -0.3 is 18.3 Å². The van der Waals surface area contributed by atoms with Gasteiger partial charge in [0.05, 0.1) is 14.2 Å². The zero-order valence-electron chi connectivity index (χ0n) is 23.5. The third-order valence-corrected chi connectivity index (χ3v) is 20.0. The molecule has 0 aromatic heterocycles. The third-order valence-electron chi connectivity index (χ3n) is 9.23. The molecule has 2 aliphatic heterocycles. The van der Waals surface area contributed by atoms with Crippen molar-refractivity contribution in [1.29, 1.82) is 0 Å². The number of rotatable bonds is 9. The second-order valence-electron chi connectivity index (χ2n) is 11.2. The molecule has 6 nitrogen and oxygen atoms in total. The van der Waals surface area contributed by atoms with Crippen LogP contribution in [-0.4, -0.2) is 55.0 Å². The van der Waals surface area contributed by atoms with Crippen molar-refractivity contribution in [3.05, 3.63) is 60.7 Å². The predicted molar refractivity (Wildman–Crippen MR) is 154 cm³/mol. The van der Waals surface area contributed by atoms with E-state index >= 15 is 0 Å². The largest absolute Gasteiger partial charge is 0.467 e. The van der Waals surface area contributed by atoms with Crippen LogP contribution in [0.4, 0.5) is 0 Å². The molecule has 0 bridgehead atoms. The molecule has 0 amide bonds. The van der Waals surface area contributed by atoms with Gasteiger partial charge >= 0.3 is 11.9 Å². The van der Waals surface area contributed by atoms with Crippen LogP contribution in [0.2, 0.25) is 22.2 Å². The van der Waals surface area contributed by atoms with Crippen LogP contribution in [-0.2, 0) is 27.9 Å². The van der Waals surface area contributed by atoms with E-state index in [1.807, 2.05) is 36.4 Å². The van der Waals surface area contributed by atoms with Gasteiger partial charge in [0, 0.05) is 0 Å².